The molecule has 0 radical (unpaired) electrons. The smallest absolute Gasteiger partial charge is 0.205 e. The summed E-state index contributed by atoms with van der Waals surface area (Å²) in [5, 5.41) is 13.0. The van der Waals surface area contributed by atoms with Crippen LogP contribution in [0.3, 0.4) is 0 Å². The first-order valence-corrected chi connectivity index (χ1v) is 5.38. The number of ether oxygens (including phenoxy) is 1. The Morgan fingerprint density at radius 1 is 1.57 bits per heavy atom. The fourth-order valence-electron chi connectivity index (χ4n) is 1.41. The number of rotatable bonds is 4. The van der Waals surface area contributed by atoms with Gasteiger partial charge in [-0.25, -0.2) is 0 Å². The molecule has 1 fully saturated rings. The largest absolute Gasteiger partial charge is 0.379 e. The molecule has 14 heavy (non-hydrogen) atoms. The van der Waals surface area contributed by atoms with E-state index in [9.17, 15) is 0 Å². The number of aromatic nitrogens is 2. The van der Waals surface area contributed by atoms with Gasteiger partial charge >= 0.3 is 0 Å². The van der Waals surface area contributed by atoms with Gasteiger partial charge < -0.3 is 10.1 Å². The second kappa shape index (κ2) is 4.20. The van der Waals surface area contributed by atoms with E-state index in [0.29, 0.717) is 6.10 Å². The predicted octanol–water partition coefficient (Wildman–Crippen LogP) is 0.410. The van der Waals surface area contributed by atoms with E-state index in [1.165, 1.54) is 0 Å². The predicted molar refractivity (Wildman–Crippen MR) is 55.5 cm³/mol. The lowest BCUT2D eigenvalue weighted by Crippen LogP contribution is -2.50. The Balaban J connectivity index is 1.81. The van der Waals surface area contributed by atoms with Crippen LogP contribution in [0.2, 0.25) is 0 Å². The number of methoxy groups -OCH3 is 1. The summed E-state index contributed by atoms with van der Waals surface area (Å²) in [4.78, 5) is 2.30. The first-order chi connectivity index (χ1) is 6.81. The third kappa shape index (κ3) is 2.02. The number of hydrogen-bond donors (Lipinski definition) is 1. The van der Waals surface area contributed by atoms with Gasteiger partial charge in [0.15, 0.2) is 0 Å². The highest BCUT2D eigenvalue weighted by Crippen LogP contribution is 2.19. The van der Waals surface area contributed by atoms with Crippen molar-refractivity contribution in [1.29, 1.82) is 0 Å². The van der Waals surface area contributed by atoms with Crippen LogP contribution in [0.1, 0.15) is 5.01 Å². The average molecular weight is 214 g/mol. The van der Waals surface area contributed by atoms with Gasteiger partial charge in [-0.05, 0) is 0 Å². The molecule has 1 aliphatic rings. The monoisotopic (exact) mass is 214 g/mol. The SMILES string of the molecule is CNc1nnc(CN2CC(OC)C2)s1. The maximum absolute atomic E-state index is 5.19. The van der Waals surface area contributed by atoms with Crippen LogP contribution in [0.25, 0.3) is 0 Å². The molecular formula is C8H14N4OS. The minimum absolute atomic E-state index is 0.409. The molecule has 5 nitrogen and oxygen atoms in total. The quantitative estimate of drug-likeness (QED) is 0.786. The van der Waals surface area contributed by atoms with Crippen molar-refractivity contribution in [3.8, 4) is 0 Å². The maximum atomic E-state index is 5.19. The van der Waals surface area contributed by atoms with Crippen LogP contribution < -0.4 is 5.32 Å². The molecule has 1 saturated heterocycles. The molecule has 0 aliphatic carbocycles. The molecule has 0 unspecified atom stereocenters. The number of anilines is 1. The van der Waals surface area contributed by atoms with Crippen LogP contribution >= 0.6 is 11.3 Å². The van der Waals surface area contributed by atoms with Gasteiger partial charge in [0.25, 0.3) is 0 Å². The molecular weight excluding hydrogens is 200 g/mol. The zero-order chi connectivity index (χ0) is 9.97. The lowest BCUT2D eigenvalue weighted by molar-refractivity contribution is -0.0334. The Morgan fingerprint density at radius 2 is 2.36 bits per heavy atom. The minimum Gasteiger partial charge on any atom is -0.379 e. The van der Waals surface area contributed by atoms with Gasteiger partial charge in [-0.3, -0.25) is 4.90 Å². The van der Waals surface area contributed by atoms with E-state index < -0.39 is 0 Å². The van der Waals surface area contributed by atoms with Gasteiger partial charge in [0.05, 0.1) is 12.6 Å². The molecule has 0 saturated carbocycles. The highest BCUT2D eigenvalue weighted by molar-refractivity contribution is 7.15. The third-order valence-electron chi connectivity index (χ3n) is 2.30. The zero-order valence-corrected chi connectivity index (χ0v) is 9.17. The Hall–Kier alpha value is -0.720. The second-order valence-electron chi connectivity index (χ2n) is 3.30. The highest BCUT2D eigenvalue weighted by Gasteiger charge is 2.26. The minimum atomic E-state index is 0.409. The average Bonchev–Trinajstić information content (AvgIpc) is 2.58. The summed E-state index contributed by atoms with van der Waals surface area (Å²) < 4.78 is 5.19. The lowest BCUT2D eigenvalue weighted by Gasteiger charge is -2.37. The molecule has 1 aromatic heterocycles. The molecule has 2 heterocycles. The van der Waals surface area contributed by atoms with Crippen molar-refractivity contribution in [2.45, 2.75) is 12.6 Å². The van der Waals surface area contributed by atoms with Crippen molar-refractivity contribution >= 4 is 16.5 Å². The Morgan fingerprint density at radius 3 is 2.93 bits per heavy atom. The van der Waals surface area contributed by atoms with Gasteiger partial charge in [-0.15, -0.1) is 10.2 Å². The van der Waals surface area contributed by atoms with Crippen molar-refractivity contribution < 1.29 is 4.74 Å². The van der Waals surface area contributed by atoms with Crippen LogP contribution in [-0.4, -0.2) is 48.4 Å². The molecule has 6 heteroatoms. The molecule has 0 aromatic carbocycles. The standard InChI is InChI=1S/C8H14N4OS/c1-9-8-11-10-7(14-8)5-12-3-6(4-12)13-2/h6H,3-5H2,1-2H3,(H,9,11). The topological polar surface area (TPSA) is 50.3 Å². The van der Waals surface area contributed by atoms with E-state index in [1.807, 2.05) is 7.05 Å². The fraction of sp³-hybridized carbons (Fsp3) is 0.750. The molecule has 1 aromatic rings. The Kier molecular flexibility index (Phi) is 2.95. The van der Waals surface area contributed by atoms with Crippen LogP contribution in [0.5, 0.6) is 0 Å². The molecule has 0 bridgehead atoms. The first kappa shape index (κ1) is 9.82. The molecule has 1 N–H and O–H groups in total. The van der Waals surface area contributed by atoms with Gasteiger partial charge in [0, 0.05) is 27.2 Å². The molecule has 0 atom stereocenters. The summed E-state index contributed by atoms with van der Waals surface area (Å²) in [5.41, 5.74) is 0. The first-order valence-electron chi connectivity index (χ1n) is 4.57. The van der Waals surface area contributed by atoms with Crippen molar-refractivity contribution in [3.63, 3.8) is 0 Å². The molecule has 78 valence electrons. The van der Waals surface area contributed by atoms with E-state index in [-0.39, 0.29) is 0 Å². The Bertz CT molecular complexity index is 297. The van der Waals surface area contributed by atoms with Crippen LogP contribution in [0, 0.1) is 0 Å². The number of likely N-dealkylation sites (tertiary alicyclic amines) is 1. The van der Waals surface area contributed by atoms with E-state index in [0.717, 1.165) is 29.8 Å². The third-order valence-corrected chi connectivity index (χ3v) is 3.22. The molecule has 2 rings (SSSR count). The summed E-state index contributed by atoms with van der Waals surface area (Å²) in [6.07, 6.45) is 0.409. The number of nitrogens with one attached hydrogen (secondary N) is 1. The van der Waals surface area contributed by atoms with Gasteiger partial charge in [-0.1, -0.05) is 11.3 Å². The van der Waals surface area contributed by atoms with Gasteiger partial charge in [0.1, 0.15) is 5.01 Å². The summed E-state index contributed by atoms with van der Waals surface area (Å²) in [6.45, 7) is 2.90. The van der Waals surface area contributed by atoms with Gasteiger partial charge in [0.2, 0.25) is 5.13 Å². The molecule has 0 amide bonds. The summed E-state index contributed by atoms with van der Waals surface area (Å²) in [7, 11) is 3.61. The van der Waals surface area contributed by atoms with E-state index in [1.54, 1.807) is 18.4 Å². The second-order valence-corrected chi connectivity index (χ2v) is 4.36. The zero-order valence-electron chi connectivity index (χ0n) is 8.36. The highest BCUT2D eigenvalue weighted by atomic mass is 32.1. The van der Waals surface area contributed by atoms with Crippen molar-refractivity contribution in [1.82, 2.24) is 15.1 Å². The van der Waals surface area contributed by atoms with Gasteiger partial charge in [-0.2, -0.15) is 0 Å². The van der Waals surface area contributed by atoms with Crippen molar-refractivity contribution in [2.75, 3.05) is 32.6 Å². The van der Waals surface area contributed by atoms with Crippen LogP contribution in [0.15, 0.2) is 0 Å². The molecule has 1 aliphatic heterocycles. The fourth-order valence-corrected chi connectivity index (χ4v) is 2.15. The summed E-state index contributed by atoms with van der Waals surface area (Å²) in [5.74, 6) is 0. The van der Waals surface area contributed by atoms with E-state index in [2.05, 4.69) is 20.4 Å². The normalized spacial score (nSPS) is 18.1. The van der Waals surface area contributed by atoms with E-state index >= 15 is 0 Å². The molecule has 0 spiro atoms. The summed E-state index contributed by atoms with van der Waals surface area (Å²) in [6, 6.07) is 0. The number of nitrogens with zero attached hydrogens (tertiary/aromatic N) is 3. The maximum Gasteiger partial charge on any atom is 0.205 e. The van der Waals surface area contributed by atoms with E-state index in [4.69, 9.17) is 4.74 Å². The van der Waals surface area contributed by atoms with Crippen molar-refractivity contribution in [3.05, 3.63) is 5.01 Å². The van der Waals surface area contributed by atoms with Crippen molar-refractivity contribution in [2.24, 2.45) is 0 Å². The lowest BCUT2D eigenvalue weighted by atomic mass is 10.2. The summed E-state index contributed by atoms with van der Waals surface area (Å²) >= 11 is 1.60. The number of hydrogen-bond acceptors (Lipinski definition) is 6. The Labute approximate surface area is 87.1 Å². The van der Waals surface area contributed by atoms with Crippen LogP contribution in [-0.2, 0) is 11.3 Å². The van der Waals surface area contributed by atoms with Crippen LogP contribution in [0.4, 0.5) is 5.13 Å².